The molecule has 1 aliphatic heterocycles. The molecule has 1 saturated carbocycles. The second-order valence-corrected chi connectivity index (χ2v) is 16.1. The van der Waals surface area contributed by atoms with Gasteiger partial charge in [0, 0.05) is 36.5 Å². The van der Waals surface area contributed by atoms with E-state index < -0.39 is 23.8 Å². The van der Waals surface area contributed by atoms with Gasteiger partial charge in [-0.1, -0.05) is 43.5 Å². The Morgan fingerprint density at radius 2 is 1.65 bits per heavy atom. The molecule has 13 heteroatoms. The molecule has 3 amide bonds. The average Bonchev–Trinajstić information content (AvgIpc) is 3.86. The van der Waals surface area contributed by atoms with Crippen LogP contribution in [-0.2, 0) is 23.8 Å². The average molecular weight is 766 g/mol. The molecule has 2 unspecified atom stereocenters. The van der Waals surface area contributed by atoms with Crippen molar-refractivity contribution in [2.24, 2.45) is 5.92 Å². The summed E-state index contributed by atoms with van der Waals surface area (Å²) in [7, 11) is 3.45. The maximum absolute atomic E-state index is 14.5. The number of carbonyl (C=O) groups is 3. The Hall–Kier alpha value is -3.78. The number of thiazole rings is 1. The molecule has 5 rings (SSSR count). The van der Waals surface area contributed by atoms with Gasteiger partial charge < -0.3 is 34.5 Å². The fraction of sp³-hybridized carbons (Fsp3) is 0.610. The highest BCUT2D eigenvalue weighted by atomic mass is 32.1. The number of hydrogen-bond donors (Lipinski definition) is 2. The summed E-state index contributed by atoms with van der Waals surface area (Å²) in [5, 5.41) is 11.1. The summed E-state index contributed by atoms with van der Waals surface area (Å²) < 4.78 is 22.8. The molecule has 1 saturated heterocycles. The van der Waals surface area contributed by atoms with Crippen molar-refractivity contribution >= 4 is 40.0 Å². The van der Waals surface area contributed by atoms with Gasteiger partial charge in [0.15, 0.2) is 0 Å². The maximum atomic E-state index is 14.5. The Kier molecular flexibility index (Phi) is 15.1. The van der Waals surface area contributed by atoms with Crippen LogP contribution in [0.3, 0.4) is 0 Å². The molecule has 2 aromatic carbocycles. The summed E-state index contributed by atoms with van der Waals surface area (Å²) in [5.74, 6) is 0.382. The van der Waals surface area contributed by atoms with Crippen molar-refractivity contribution in [2.75, 3.05) is 60.2 Å². The molecule has 12 nitrogen and oxygen atoms in total. The lowest BCUT2D eigenvalue weighted by molar-refractivity contribution is -0.140. The zero-order chi connectivity index (χ0) is 38.7. The Labute approximate surface area is 324 Å². The van der Waals surface area contributed by atoms with Crippen molar-refractivity contribution in [3.8, 4) is 17.0 Å². The minimum absolute atomic E-state index is 0.0309. The molecule has 3 aromatic rings. The lowest BCUT2D eigenvalue weighted by atomic mass is 9.83. The number of aromatic nitrogens is 1. The van der Waals surface area contributed by atoms with Crippen molar-refractivity contribution in [1.82, 2.24) is 25.4 Å². The Balaban J connectivity index is 1.27. The molecule has 296 valence electrons. The largest absolute Gasteiger partial charge is 0.491 e. The summed E-state index contributed by atoms with van der Waals surface area (Å²) in [5.41, 5.74) is 1.17. The summed E-state index contributed by atoms with van der Waals surface area (Å²) in [6.45, 7) is 11.1. The third-order valence-electron chi connectivity index (χ3n) is 10.2. The first-order chi connectivity index (χ1) is 26.0. The second kappa shape index (κ2) is 19.7. The minimum Gasteiger partial charge on any atom is -0.491 e. The number of ether oxygens (including phenoxy) is 4. The van der Waals surface area contributed by atoms with Gasteiger partial charge in [0.05, 0.1) is 38.2 Å². The number of nitrogens with one attached hydrogen (secondary N) is 2. The van der Waals surface area contributed by atoms with E-state index in [-0.39, 0.29) is 23.8 Å². The fourth-order valence-electron chi connectivity index (χ4n) is 7.15. The van der Waals surface area contributed by atoms with E-state index >= 15 is 0 Å². The lowest BCUT2D eigenvalue weighted by Crippen LogP contribution is -2.56. The molecule has 0 bridgehead atoms. The van der Waals surface area contributed by atoms with Gasteiger partial charge in [-0.05, 0) is 83.9 Å². The highest BCUT2D eigenvalue weighted by Gasteiger charge is 2.41. The van der Waals surface area contributed by atoms with Crippen LogP contribution in [0.1, 0.15) is 83.7 Å². The molecule has 2 N–H and O–H groups in total. The Morgan fingerprint density at radius 3 is 2.37 bits per heavy atom. The molecule has 0 spiro atoms. The van der Waals surface area contributed by atoms with Crippen molar-refractivity contribution in [3.05, 3.63) is 46.8 Å². The van der Waals surface area contributed by atoms with Gasteiger partial charge in [0.2, 0.25) is 11.8 Å². The highest BCUT2D eigenvalue weighted by Crippen LogP contribution is 2.40. The van der Waals surface area contributed by atoms with Crippen LogP contribution in [0.2, 0.25) is 0 Å². The first kappa shape index (κ1) is 41.4. The van der Waals surface area contributed by atoms with E-state index in [1.165, 1.54) is 4.90 Å². The lowest BCUT2D eigenvalue weighted by Gasteiger charge is -2.36. The van der Waals surface area contributed by atoms with Crippen molar-refractivity contribution in [2.45, 2.75) is 96.4 Å². The van der Waals surface area contributed by atoms with Crippen LogP contribution < -0.4 is 15.4 Å². The van der Waals surface area contributed by atoms with Gasteiger partial charge in [-0.25, -0.2) is 9.78 Å². The highest BCUT2D eigenvalue weighted by molar-refractivity contribution is 7.10. The maximum Gasteiger partial charge on any atom is 0.410 e. The van der Waals surface area contributed by atoms with E-state index in [0.29, 0.717) is 39.6 Å². The molecule has 1 aliphatic carbocycles. The number of carbonyl (C=O) groups excluding carboxylic acids is 3. The second-order valence-electron chi connectivity index (χ2n) is 15.2. The number of likely N-dealkylation sites (N-methyl/N-ethyl adjacent to an activating group) is 2. The van der Waals surface area contributed by atoms with Gasteiger partial charge >= 0.3 is 6.09 Å². The van der Waals surface area contributed by atoms with Gasteiger partial charge in [0.1, 0.15) is 35.0 Å². The van der Waals surface area contributed by atoms with Crippen LogP contribution in [0.5, 0.6) is 5.75 Å². The van der Waals surface area contributed by atoms with Gasteiger partial charge in [-0.2, -0.15) is 0 Å². The molecule has 2 aliphatic rings. The third-order valence-corrected chi connectivity index (χ3v) is 11.1. The van der Waals surface area contributed by atoms with Crippen molar-refractivity contribution in [1.29, 1.82) is 0 Å². The van der Waals surface area contributed by atoms with E-state index in [9.17, 15) is 14.4 Å². The van der Waals surface area contributed by atoms with Crippen LogP contribution >= 0.6 is 11.3 Å². The molecule has 2 heterocycles. The summed E-state index contributed by atoms with van der Waals surface area (Å²) in [6, 6.07) is 10.5. The number of amides is 3. The zero-order valence-electron chi connectivity index (χ0n) is 32.9. The van der Waals surface area contributed by atoms with E-state index in [1.54, 1.807) is 46.1 Å². The predicted molar refractivity (Wildman–Crippen MR) is 212 cm³/mol. The summed E-state index contributed by atoms with van der Waals surface area (Å²) in [6.07, 6.45) is 6.00. The molecular formula is C41H59N5O7S. The topological polar surface area (TPSA) is 132 Å². The number of likely N-dealkylation sites (tertiary alicyclic amines) is 1. The quantitative estimate of drug-likeness (QED) is 0.146. The van der Waals surface area contributed by atoms with E-state index in [0.717, 1.165) is 84.3 Å². The molecular weight excluding hydrogens is 707 g/mol. The Morgan fingerprint density at radius 1 is 0.944 bits per heavy atom. The predicted octanol–water partition coefficient (Wildman–Crippen LogP) is 6.58. The van der Waals surface area contributed by atoms with Gasteiger partial charge in [0.25, 0.3) is 0 Å². The minimum atomic E-state index is -0.812. The van der Waals surface area contributed by atoms with Crippen LogP contribution in [-0.4, -0.2) is 111 Å². The number of nitrogens with zero attached hydrogens (tertiary/aromatic N) is 3. The number of hydrogen-bond acceptors (Lipinski definition) is 10. The number of fused-ring (bicyclic) bond motifs is 1. The first-order valence-corrected chi connectivity index (χ1v) is 20.3. The van der Waals surface area contributed by atoms with Crippen LogP contribution in [0.15, 0.2) is 41.8 Å². The molecule has 2 fully saturated rings. The normalized spacial score (nSPS) is 17.7. The molecule has 1 aromatic heterocycles. The van der Waals surface area contributed by atoms with E-state index in [4.69, 9.17) is 23.9 Å². The van der Waals surface area contributed by atoms with Gasteiger partial charge in [-0.15, -0.1) is 11.3 Å². The third kappa shape index (κ3) is 10.9. The molecule has 54 heavy (non-hydrogen) atoms. The van der Waals surface area contributed by atoms with E-state index in [1.807, 2.05) is 30.1 Å². The Bertz CT molecular complexity index is 1690. The van der Waals surface area contributed by atoms with Crippen molar-refractivity contribution in [3.63, 3.8) is 0 Å². The monoisotopic (exact) mass is 765 g/mol. The number of rotatable bonds is 17. The number of benzene rings is 2. The van der Waals surface area contributed by atoms with Crippen molar-refractivity contribution < 1.29 is 33.3 Å². The molecule has 3 atom stereocenters. The summed E-state index contributed by atoms with van der Waals surface area (Å²) >= 11 is 1.57. The fourth-order valence-corrected chi connectivity index (χ4v) is 8.11. The standard InChI is InChI=1S/C41H59N5O7S/c1-28(45(6)40(49)53-41(2,3)4)37(47)44-36(29-13-8-7-9-14-29)39(48)46-21-12-17-34(46)38-43-33(27-54-38)31-18-19-35(32-16-11-10-15-30(31)32)52-26-25-51-24-23-50-22-20-42-5/h10-11,15-16,18-19,27-29,34,36,42H,7-9,12-14,17,20-26H2,1-6H3,(H,44,47)/t28?,34-,36?/m0/s1. The smallest absolute Gasteiger partial charge is 0.410 e. The van der Waals surface area contributed by atoms with Crippen LogP contribution in [0.25, 0.3) is 22.0 Å². The van der Waals surface area contributed by atoms with Gasteiger partial charge in [-0.3, -0.25) is 14.5 Å². The van der Waals surface area contributed by atoms with E-state index in [2.05, 4.69) is 34.2 Å². The SMILES string of the molecule is CNCCOCCOCCOc1ccc(-c2csc([C@@H]3CCCN3C(=O)C(NC(=O)C(C)N(C)C(=O)OC(C)(C)C)C3CCCCC3)n2)c2ccccc12. The van der Waals surface area contributed by atoms with Crippen LogP contribution in [0.4, 0.5) is 4.79 Å². The molecule has 0 radical (unpaired) electrons. The zero-order valence-corrected chi connectivity index (χ0v) is 33.7. The first-order valence-electron chi connectivity index (χ1n) is 19.5. The summed E-state index contributed by atoms with van der Waals surface area (Å²) in [4.78, 5) is 49.3. The van der Waals surface area contributed by atoms with Crippen LogP contribution in [0, 0.1) is 5.92 Å².